The van der Waals surface area contributed by atoms with Crippen LogP contribution < -0.4 is 16.0 Å². The summed E-state index contributed by atoms with van der Waals surface area (Å²) < 4.78 is 9.40. The summed E-state index contributed by atoms with van der Waals surface area (Å²) in [7, 11) is 2.54. The predicted molar refractivity (Wildman–Crippen MR) is 196 cm³/mol. The Balaban J connectivity index is 1.22. The number of nitrogens with zero attached hydrogens (tertiary/aromatic N) is 3. The topological polar surface area (TPSA) is 183 Å². The average Bonchev–Trinajstić information content (AvgIpc) is 3.94. The van der Waals surface area contributed by atoms with E-state index >= 15 is 0 Å². The van der Waals surface area contributed by atoms with E-state index in [4.69, 9.17) is 4.74 Å². The van der Waals surface area contributed by atoms with Crippen LogP contribution in [0.4, 0.5) is 9.59 Å². The average molecular weight is 713 g/mol. The van der Waals surface area contributed by atoms with E-state index in [1.165, 1.54) is 14.2 Å². The Morgan fingerprint density at radius 1 is 0.712 bits per heavy atom. The zero-order valence-electron chi connectivity index (χ0n) is 30.7. The standard InChI is InChI=1S/C38H48N8O6/c1-21(2)31(44-37(49)51-6)35(47)41-23(5)33-39-19-28(42-33)26-14-10-24(11-15-26)25-12-16-27(17-13-25)29-20-40-34(43-29)30-9-8-18-46(30)36(48)32(22(3)4)45-38(50)52-7/h10-17,19-23,30-32H,8-9,18H2,1-7H3,(H,39,42)(H,40,43)(H,41,47)(H,44,49)(H,45,50)/t23-,30+,31+,32+/m1/s1. The second kappa shape index (κ2) is 16.6. The molecule has 0 bridgehead atoms. The van der Waals surface area contributed by atoms with Crippen molar-refractivity contribution < 1.29 is 28.7 Å². The summed E-state index contributed by atoms with van der Waals surface area (Å²) >= 11 is 0. The maximum Gasteiger partial charge on any atom is 0.407 e. The third kappa shape index (κ3) is 8.61. The molecule has 3 heterocycles. The van der Waals surface area contributed by atoms with Gasteiger partial charge < -0.3 is 40.3 Å². The molecule has 14 nitrogen and oxygen atoms in total. The van der Waals surface area contributed by atoms with Crippen LogP contribution in [0.2, 0.25) is 0 Å². The zero-order chi connectivity index (χ0) is 37.5. The monoisotopic (exact) mass is 712 g/mol. The number of rotatable bonds is 12. The number of amides is 4. The van der Waals surface area contributed by atoms with E-state index in [-0.39, 0.29) is 29.7 Å². The van der Waals surface area contributed by atoms with Gasteiger partial charge in [0, 0.05) is 6.54 Å². The number of H-pyrrole nitrogens is 2. The number of ether oxygens (including phenoxy) is 2. The normalized spacial score (nSPS) is 15.9. The van der Waals surface area contributed by atoms with Gasteiger partial charge in [-0.1, -0.05) is 76.2 Å². The summed E-state index contributed by atoms with van der Waals surface area (Å²) in [6.07, 6.45) is 3.86. The molecule has 1 saturated heterocycles. The molecule has 4 aromatic rings. The Morgan fingerprint density at radius 3 is 1.75 bits per heavy atom. The fourth-order valence-corrected chi connectivity index (χ4v) is 6.33. The molecule has 276 valence electrons. The lowest BCUT2D eigenvalue weighted by Crippen LogP contribution is -2.51. The number of aromatic amines is 2. The van der Waals surface area contributed by atoms with E-state index in [0.29, 0.717) is 12.4 Å². The summed E-state index contributed by atoms with van der Waals surface area (Å²) in [4.78, 5) is 67.6. The molecule has 2 aromatic carbocycles. The molecule has 52 heavy (non-hydrogen) atoms. The molecule has 0 unspecified atom stereocenters. The second-order valence-electron chi connectivity index (χ2n) is 13.7. The summed E-state index contributed by atoms with van der Waals surface area (Å²) in [5, 5.41) is 8.18. The van der Waals surface area contributed by atoms with Crippen molar-refractivity contribution in [2.24, 2.45) is 11.8 Å². The summed E-state index contributed by atoms with van der Waals surface area (Å²) in [5.41, 5.74) is 5.65. The first-order valence-corrected chi connectivity index (χ1v) is 17.5. The molecule has 1 fully saturated rings. The van der Waals surface area contributed by atoms with Gasteiger partial charge in [-0.15, -0.1) is 0 Å². The largest absolute Gasteiger partial charge is 0.453 e. The Kier molecular flexibility index (Phi) is 12.0. The van der Waals surface area contributed by atoms with E-state index in [2.05, 4.69) is 52.8 Å². The number of methoxy groups -OCH3 is 2. The van der Waals surface area contributed by atoms with E-state index in [9.17, 15) is 19.2 Å². The number of hydrogen-bond donors (Lipinski definition) is 5. The number of hydrogen-bond acceptors (Lipinski definition) is 8. The van der Waals surface area contributed by atoms with Gasteiger partial charge in [-0.2, -0.15) is 0 Å². The quantitative estimate of drug-likeness (QED) is 0.123. The van der Waals surface area contributed by atoms with Crippen molar-refractivity contribution in [2.45, 2.75) is 71.6 Å². The number of alkyl carbamates (subject to hydrolysis) is 2. The molecule has 5 N–H and O–H groups in total. The first kappa shape index (κ1) is 37.6. The van der Waals surface area contributed by atoms with Crippen molar-refractivity contribution in [3.05, 3.63) is 72.6 Å². The molecule has 0 radical (unpaired) electrons. The number of carbonyl (C=O) groups is 4. The zero-order valence-corrected chi connectivity index (χ0v) is 30.7. The Labute approximate surface area is 303 Å². The highest BCUT2D eigenvalue weighted by Crippen LogP contribution is 2.33. The van der Waals surface area contributed by atoms with Crippen molar-refractivity contribution in [1.82, 2.24) is 40.8 Å². The third-order valence-corrected chi connectivity index (χ3v) is 9.34. The van der Waals surface area contributed by atoms with Crippen molar-refractivity contribution in [1.29, 1.82) is 0 Å². The van der Waals surface area contributed by atoms with Gasteiger partial charge in [-0.05, 0) is 53.9 Å². The van der Waals surface area contributed by atoms with Crippen LogP contribution in [0.1, 0.15) is 71.2 Å². The molecule has 1 aliphatic heterocycles. The lowest BCUT2D eigenvalue weighted by atomic mass is 10.0. The van der Waals surface area contributed by atoms with Gasteiger partial charge in [0.05, 0.1) is 50.1 Å². The van der Waals surface area contributed by atoms with Gasteiger partial charge in [-0.3, -0.25) is 9.59 Å². The molecule has 0 spiro atoms. The number of aromatic nitrogens is 4. The number of likely N-dealkylation sites (tertiary alicyclic amines) is 1. The molecule has 4 atom stereocenters. The van der Waals surface area contributed by atoms with Crippen molar-refractivity contribution in [2.75, 3.05) is 20.8 Å². The Morgan fingerprint density at radius 2 is 1.21 bits per heavy atom. The highest BCUT2D eigenvalue weighted by atomic mass is 16.5. The fraction of sp³-hybridized carbons (Fsp3) is 0.421. The predicted octanol–water partition coefficient (Wildman–Crippen LogP) is 5.74. The molecular formula is C38H48N8O6. The van der Waals surface area contributed by atoms with Gasteiger partial charge in [-0.25, -0.2) is 19.6 Å². The highest BCUT2D eigenvalue weighted by Gasteiger charge is 2.37. The third-order valence-electron chi connectivity index (χ3n) is 9.34. The minimum atomic E-state index is -0.745. The summed E-state index contributed by atoms with van der Waals surface area (Å²) in [6.45, 7) is 9.90. The van der Waals surface area contributed by atoms with Crippen LogP contribution in [0.25, 0.3) is 33.6 Å². The number of carbonyl (C=O) groups excluding carboxylic acids is 4. The first-order valence-electron chi connectivity index (χ1n) is 17.5. The molecule has 5 rings (SSSR count). The van der Waals surface area contributed by atoms with Gasteiger partial charge >= 0.3 is 12.2 Å². The molecule has 1 aliphatic rings. The SMILES string of the molecule is COC(=O)N[C@H](C(=O)N[C@H](C)c1ncc(-c2ccc(-c3ccc(-c4cnc([C@@H]5CCCN5C(=O)[C@@H](NC(=O)OC)C(C)C)[nH]4)cc3)cc2)[nH]1)C(C)C. The number of benzene rings is 2. The van der Waals surface area contributed by atoms with Gasteiger partial charge in [0.2, 0.25) is 11.8 Å². The maximum atomic E-state index is 13.5. The van der Waals surface area contributed by atoms with E-state index in [0.717, 1.165) is 52.3 Å². The van der Waals surface area contributed by atoms with Crippen molar-refractivity contribution in [3.8, 4) is 33.6 Å². The lowest BCUT2D eigenvalue weighted by Gasteiger charge is -2.30. The van der Waals surface area contributed by atoms with E-state index in [1.54, 1.807) is 17.3 Å². The van der Waals surface area contributed by atoms with Crippen LogP contribution in [0.15, 0.2) is 60.9 Å². The number of nitrogens with one attached hydrogen (secondary N) is 5. The molecule has 14 heteroatoms. The van der Waals surface area contributed by atoms with Crippen molar-refractivity contribution in [3.63, 3.8) is 0 Å². The lowest BCUT2D eigenvalue weighted by molar-refractivity contribution is -0.135. The fourth-order valence-electron chi connectivity index (χ4n) is 6.33. The molecule has 4 amide bonds. The second-order valence-corrected chi connectivity index (χ2v) is 13.7. The Hall–Kier alpha value is -5.66. The van der Waals surface area contributed by atoms with Crippen LogP contribution in [0.3, 0.4) is 0 Å². The number of imidazole rings is 2. The van der Waals surface area contributed by atoms with Crippen LogP contribution >= 0.6 is 0 Å². The smallest absolute Gasteiger partial charge is 0.407 e. The molecule has 2 aromatic heterocycles. The summed E-state index contributed by atoms with van der Waals surface area (Å²) in [5.74, 6) is 0.594. The molecule has 0 aliphatic carbocycles. The maximum absolute atomic E-state index is 13.5. The van der Waals surface area contributed by atoms with Crippen LogP contribution in [0.5, 0.6) is 0 Å². The van der Waals surface area contributed by atoms with Crippen LogP contribution in [-0.4, -0.2) is 81.7 Å². The van der Waals surface area contributed by atoms with Gasteiger partial charge in [0.1, 0.15) is 23.7 Å². The van der Waals surface area contributed by atoms with Gasteiger partial charge in [0.25, 0.3) is 0 Å². The van der Waals surface area contributed by atoms with E-state index < -0.39 is 30.3 Å². The molecule has 0 saturated carbocycles. The Bertz CT molecular complexity index is 1850. The van der Waals surface area contributed by atoms with Crippen LogP contribution in [0, 0.1) is 11.8 Å². The minimum absolute atomic E-state index is 0.106. The van der Waals surface area contributed by atoms with Crippen LogP contribution in [-0.2, 0) is 19.1 Å². The van der Waals surface area contributed by atoms with Gasteiger partial charge in [0.15, 0.2) is 0 Å². The minimum Gasteiger partial charge on any atom is -0.453 e. The first-order chi connectivity index (χ1) is 24.9. The highest BCUT2D eigenvalue weighted by molar-refractivity contribution is 5.87. The van der Waals surface area contributed by atoms with Crippen molar-refractivity contribution >= 4 is 24.0 Å². The van der Waals surface area contributed by atoms with E-state index in [1.807, 2.05) is 71.0 Å². The summed E-state index contributed by atoms with van der Waals surface area (Å²) in [6, 6.07) is 14.2. The molecular weight excluding hydrogens is 664 g/mol.